The third kappa shape index (κ3) is 5.27. The third-order valence-corrected chi connectivity index (χ3v) is 4.58. The summed E-state index contributed by atoms with van der Waals surface area (Å²) < 4.78 is 1.14. The minimum atomic E-state index is 0. The first-order valence-corrected chi connectivity index (χ1v) is 8.15. The van der Waals surface area contributed by atoms with Gasteiger partial charge >= 0.3 is 0 Å². The molecular formula is C14H18BrN4SY-. The molecule has 0 aliphatic heterocycles. The van der Waals surface area contributed by atoms with Gasteiger partial charge in [-0.05, 0) is 41.4 Å². The van der Waals surface area contributed by atoms with E-state index in [1.54, 1.807) is 11.3 Å². The van der Waals surface area contributed by atoms with Gasteiger partial charge in [0, 0.05) is 43.4 Å². The van der Waals surface area contributed by atoms with E-state index in [9.17, 15) is 0 Å². The van der Waals surface area contributed by atoms with Crippen LogP contribution in [0.25, 0.3) is 0 Å². The molecule has 2 heterocycles. The number of aryl methyl sites for hydroxylation is 1. The summed E-state index contributed by atoms with van der Waals surface area (Å²) in [6.45, 7) is 8.05. The quantitative estimate of drug-likeness (QED) is 0.691. The Morgan fingerprint density at radius 1 is 1.29 bits per heavy atom. The van der Waals surface area contributed by atoms with Crippen molar-refractivity contribution in [2.45, 2.75) is 40.2 Å². The van der Waals surface area contributed by atoms with E-state index in [2.05, 4.69) is 55.3 Å². The van der Waals surface area contributed by atoms with Crippen LogP contribution in [0.5, 0.6) is 0 Å². The molecule has 0 amide bonds. The Bertz CT molecular complexity index is 588. The number of rotatable bonds is 5. The van der Waals surface area contributed by atoms with E-state index in [4.69, 9.17) is 0 Å². The molecule has 0 saturated heterocycles. The van der Waals surface area contributed by atoms with Crippen molar-refractivity contribution in [1.29, 1.82) is 0 Å². The second kappa shape index (κ2) is 8.56. The number of hydrogen-bond donors (Lipinski definition) is 1. The maximum atomic E-state index is 4.48. The van der Waals surface area contributed by atoms with Gasteiger partial charge in [-0.3, -0.25) is 4.98 Å². The molecule has 21 heavy (non-hydrogen) atoms. The van der Waals surface area contributed by atoms with Gasteiger partial charge in [-0.2, -0.15) is 18.8 Å². The van der Waals surface area contributed by atoms with Crippen LogP contribution in [-0.4, -0.2) is 15.0 Å². The van der Waals surface area contributed by atoms with Crippen molar-refractivity contribution in [3.63, 3.8) is 0 Å². The van der Waals surface area contributed by atoms with Gasteiger partial charge in [0.15, 0.2) is 0 Å². The number of anilines is 1. The van der Waals surface area contributed by atoms with E-state index in [1.165, 1.54) is 4.88 Å². The fourth-order valence-corrected chi connectivity index (χ4v) is 3.37. The molecule has 0 bridgehead atoms. The Hall–Kier alpha value is -0.0361. The van der Waals surface area contributed by atoms with Crippen LogP contribution in [0.3, 0.4) is 0 Å². The number of nitrogens with one attached hydrogen (secondary N) is 1. The minimum Gasteiger partial charge on any atom is -0.347 e. The molecule has 1 unspecified atom stereocenters. The zero-order valence-electron chi connectivity index (χ0n) is 12.6. The molecular weight excluding hydrogens is 425 g/mol. The second-order valence-corrected chi connectivity index (χ2v) is 7.27. The van der Waals surface area contributed by atoms with Gasteiger partial charge in [-0.25, -0.2) is 4.98 Å². The van der Waals surface area contributed by atoms with E-state index >= 15 is 0 Å². The summed E-state index contributed by atoms with van der Waals surface area (Å²) in [6.07, 6.45) is 0.974. The van der Waals surface area contributed by atoms with Gasteiger partial charge < -0.3 is 11.2 Å². The number of nitrogens with zero attached hydrogens (tertiary/aromatic N) is 3. The zero-order valence-corrected chi connectivity index (χ0v) is 17.9. The van der Waals surface area contributed by atoms with E-state index in [-0.39, 0.29) is 38.8 Å². The molecule has 1 N–H and O–H groups in total. The topological polar surface area (TPSA) is 50.7 Å². The van der Waals surface area contributed by atoms with Gasteiger partial charge in [0.1, 0.15) is 5.82 Å². The summed E-state index contributed by atoms with van der Waals surface area (Å²) >= 11 is 5.24. The molecule has 0 aliphatic carbocycles. The largest absolute Gasteiger partial charge is 0.347 e. The van der Waals surface area contributed by atoms with Crippen molar-refractivity contribution in [1.82, 2.24) is 15.0 Å². The molecule has 2 aromatic heterocycles. The van der Waals surface area contributed by atoms with Gasteiger partial charge in [-0.15, -0.1) is 11.3 Å². The van der Waals surface area contributed by atoms with Crippen molar-refractivity contribution >= 4 is 33.2 Å². The normalized spacial score (nSPS) is 11.7. The van der Waals surface area contributed by atoms with E-state index in [0.29, 0.717) is 5.95 Å². The van der Waals surface area contributed by atoms with Gasteiger partial charge in [0.25, 0.3) is 0 Å². The second-order valence-electron chi connectivity index (χ2n) is 4.78. The summed E-state index contributed by atoms with van der Waals surface area (Å²) in [5.74, 6) is 3.22. The summed E-state index contributed by atoms with van der Waals surface area (Å²) in [4.78, 5) is 14.5. The molecule has 0 aliphatic rings. The summed E-state index contributed by atoms with van der Waals surface area (Å²) in [7, 11) is 0. The Morgan fingerprint density at radius 2 is 2.00 bits per heavy atom. The summed E-state index contributed by atoms with van der Waals surface area (Å²) in [5, 5.41) is 3.41. The van der Waals surface area contributed by atoms with Crippen LogP contribution in [-0.2, 0) is 32.7 Å². The SMILES string of the molecule is CCC(Nc1nc(C)nc([C-](C)C)n1)c1ccc(Br)s1.[Y]. The monoisotopic (exact) mass is 442 g/mol. The maximum absolute atomic E-state index is 4.48. The average molecular weight is 443 g/mol. The molecule has 0 spiro atoms. The van der Waals surface area contributed by atoms with E-state index in [1.807, 2.05) is 20.8 Å². The first-order valence-electron chi connectivity index (χ1n) is 6.54. The van der Waals surface area contributed by atoms with Crippen molar-refractivity contribution < 1.29 is 32.7 Å². The summed E-state index contributed by atoms with van der Waals surface area (Å²) in [5.41, 5.74) is 0. The number of aromatic nitrogens is 3. The molecule has 4 nitrogen and oxygen atoms in total. The molecule has 7 heteroatoms. The van der Waals surface area contributed by atoms with Gasteiger partial charge in [-0.1, -0.05) is 6.92 Å². The predicted octanol–water partition coefficient (Wildman–Crippen LogP) is 4.53. The molecule has 0 saturated carbocycles. The molecule has 1 radical (unpaired) electrons. The minimum absolute atomic E-state index is 0. The Morgan fingerprint density at radius 3 is 2.52 bits per heavy atom. The van der Waals surface area contributed by atoms with Crippen molar-refractivity contribution in [2.24, 2.45) is 0 Å². The van der Waals surface area contributed by atoms with E-state index in [0.717, 1.165) is 27.8 Å². The first kappa shape index (κ1) is 19.0. The molecule has 2 aromatic rings. The van der Waals surface area contributed by atoms with Crippen molar-refractivity contribution in [3.05, 3.63) is 38.4 Å². The van der Waals surface area contributed by atoms with Crippen molar-refractivity contribution in [3.8, 4) is 0 Å². The fourth-order valence-electron chi connectivity index (χ4n) is 1.82. The van der Waals surface area contributed by atoms with Crippen LogP contribution in [0, 0.1) is 12.8 Å². The molecule has 111 valence electrons. The fraction of sp³-hybridized carbons (Fsp3) is 0.429. The van der Waals surface area contributed by atoms with Crippen LogP contribution in [0.1, 0.15) is 49.8 Å². The van der Waals surface area contributed by atoms with Gasteiger partial charge in [0.2, 0.25) is 5.95 Å². The van der Waals surface area contributed by atoms with Gasteiger partial charge in [0.05, 0.1) is 9.83 Å². The first-order chi connectivity index (χ1) is 9.49. The van der Waals surface area contributed by atoms with Crippen LogP contribution in [0.15, 0.2) is 15.9 Å². The van der Waals surface area contributed by atoms with Crippen LogP contribution < -0.4 is 5.32 Å². The molecule has 0 aromatic carbocycles. The average Bonchev–Trinajstić information content (AvgIpc) is 2.81. The van der Waals surface area contributed by atoms with Crippen molar-refractivity contribution in [2.75, 3.05) is 5.32 Å². The van der Waals surface area contributed by atoms with E-state index < -0.39 is 0 Å². The Balaban J connectivity index is 0.00000220. The van der Waals surface area contributed by atoms with Crippen LogP contribution in [0.4, 0.5) is 5.95 Å². The Labute approximate surface area is 163 Å². The molecule has 1 atom stereocenters. The van der Waals surface area contributed by atoms with Crippen LogP contribution >= 0.6 is 27.3 Å². The predicted molar refractivity (Wildman–Crippen MR) is 86.9 cm³/mol. The zero-order chi connectivity index (χ0) is 14.7. The number of thiophene rings is 1. The molecule has 2 rings (SSSR count). The standard InChI is InChI=1S/C14H18BrN4S.Y/c1-5-10(11-6-7-12(15)20-11)18-14-17-9(4)16-13(19-14)8(2)3;/h6-7,10H,5H2,1-4H3,(H,16,17,18,19);/q-1;. The van der Waals surface area contributed by atoms with Crippen LogP contribution in [0.2, 0.25) is 0 Å². The maximum Gasteiger partial charge on any atom is 0.224 e. The molecule has 0 fully saturated rings. The number of halogens is 1. The third-order valence-electron chi connectivity index (χ3n) is 2.84. The Kier molecular flexibility index (Phi) is 7.75. The number of hydrogen-bond acceptors (Lipinski definition) is 5. The smallest absolute Gasteiger partial charge is 0.224 e. The summed E-state index contributed by atoms with van der Waals surface area (Å²) in [6, 6.07) is 4.42.